The van der Waals surface area contributed by atoms with Crippen molar-refractivity contribution in [1.82, 2.24) is 0 Å². The van der Waals surface area contributed by atoms with Gasteiger partial charge in [-0.3, -0.25) is 0 Å². The van der Waals surface area contributed by atoms with Crippen LogP contribution in [0.4, 0.5) is 0 Å². The number of ether oxygens (including phenoxy) is 2. The molecule has 1 aromatic rings. The minimum atomic E-state index is -0.393. The molecule has 2 unspecified atom stereocenters. The molecule has 0 amide bonds. The summed E-state index contributed by atoms with van der Waals surface area (Å²) in [6, 6.07) is 4.17. The van der Waals surface area contributed by atoms with E-state index in [1.165, 1.54) is 24.0 Å². The summed E-state index contributed by atoms with van der Waals surface area (Å²) >= 11 is 0. The van der Waals surface area contributed by atoms with E-state index in [1.807, 2.05) is 12.1 Å². The Morgan fingerprint density at radius 2 is 2.20 bits per heavy atom. The van der Waals surface area contributed by atoms with Gasteiger partial charge >= 0.3 is 0 Å². The molecule has 0 bridgehead atoms. The highest BCUT2D eigenvalue weighted by atomic mass is 16.5. The second-order valence-electron chi connectivity index (χ2n) is 5.64. The molecule has 20 heavy (non-hydrogen) atoms. The zero-order chi connectivity index (χ0) is 14.1. The van der Waals surface area contributed by atoms with E-state index in [-0.39, 0.29) is 12.0 Å². The standard InChI is InChI=1S/C17H22O3/c1-3-4-5-11-6-9-14(19-2)17-16(11)13-8-7-12(18)10-15(13)20-17/h6-9,12-13,15,18H,3-5,10H2,1-2H3/t12?,13?,15-/m0/s1. The minimum Gasteiger partial charge on any atom is -0.493 e. The molecule has 0 saturated heterocycles. The first-order valence-corrected chi connectivity index (χ1v) is 7.47. The molecule has 0 aromatic heterocycles. The predicted molar refractivity (Wildman–Crippen MR) is 78.5 cm³/mol. The van der Waals surface area contributed by atoms with Gasteiger partial charge in [-0.2, -0.15) is 0 Å². The molecule has 108 valence electrons. The van der Waals surface area contributed by atoms with E-state index < -0.39 is 6.10 Å². The number of rotatable bonds is 4. The number of hydrogen-bond donors (Lipinski definition) is 1. The summed E-state index contributed by atoms with van der Waals surface area (Å²) < 4.78 is 11.5. The van der Waals surface area contributed by atoms with Gasteiger partial charge in [-0.25, -0.2) is 0 Å². The lowest BCUT2D eigenvalue weighted by Crippen LogP contribution is -2.27. The van der Waals surface area contributed by atoms with Gasteiger partial charge in [0, 0.05) is 17.9 Å². The molecule has 1 aliphatic carbocycles. The summed E-state index contributed by atoms with van der Waals surface area (Å²) in [7, 11) is 1.68. The first-order chi connectivity index (χ1) is 9.74. The van der Waals surface area contributed by atoms with Gasteiger partial charge < -0.3 is 14.6 Å². The molecule has 0 saturated carbocycles. The van der Waals surface area contributed by atoms with E-state index >= 15 is 0 Å². The molecular formula is C17H22O3. The lowest BCUT2D eigenvalue weighted by atomic mass is 9.84. The number of methoxy groups -OCH3 is 1. The van der Waals surface area contributed by atoms with Crippen LogP contribution in [0.3, 0.4) is 0 Å². The molecule has 1 aromatic carbocycles. The van der Waals surface area contributed by atoms with Crippen molar-refractivity contribution >= 4 is 0 Å². The van der Waals surface area contributed by atoms with Crippen LogP contribution >= 0.6 is 0 Å². The first kappa shape index (κ1) is 13.5. The third-order valence-electron chi connectivity index (χ3n) is 4.29. The molecule has 1 aliphatic heterocycles. The molecule has 1 heterocycles. The Morgan fingerprint density at radius 3 is 2.95 bits per heavy atom. The zero-order valence-electron chi connectivity index (χ0n) is 12.1. The molecule has 3 rings (SSSR count). The fourth-order valence-electron chi connectivity index (χ4n) is 3.24. The summed E-state index contributed by atoms with van der Waals surface area (Å²) in [5.41, 5.74) is 2.63. The Kier molecular flexibility index (Phi) is 3.70. The topological polar surface area (TPSA) is 38.7 Å². The Morgan fingerprint density at radius 1 is 1.35 bits per heavy atom. The molecule has 3 nitrogen and oxygen atoms in total. The van der Waals surface area contributed by atoms with Crippen LogP contribution in [0, 0.1) is 0 Å². The minimum absolute atomic E-state index is 0.0432. The van der Waals surface area contributed by atoms with E-state index in [2.05, 4.69) is 19.1 Å². The lowest BCUT2D eigenvalue weighted by Gasteiger charge is -2.23. The number of unbranched alkanes of at least 4 members (excludes halogenated alkanes) is 1. The number of aliphatic hydroxyl groups excluding tert-OH is 1. The van der Waals surface area contributed by atoms with Gasteiger partial charge in [0.05, 0.1) is 13.2 Å². The SMILES string of the molecule is CCCCc1ccc(OC)c2c1C1C=CC(O)C[C@@H]1O2. The van der Waals surface area contributed by atoms with Gasteiger partial charge in [0.15, 0.2) is 11.5 Å². The molecule has 0 fully saturated rings. The van der Waals surface area contributed by atoms with Gasteiger partial charge in [-0.15, -0.1) is 0 Å². The maximum Gasteiger partial charge on any atom is 0.165 e. The van der Waals surface area contributed by atoms with Gasteiger partial charge in [0.25, 0.3) is 0 Å². The van der Waals surface area contributed by atoms with Crippen LogP contribution in [0.5, 0.6) is 11.5 Å². The van der Waals surface area contributed by atoms with Crippen LogP contribution in [-0.2, 0) is 6.42 Å². The summed E-state index contributed by atoms with van der Waals surface area (Å²) in [6.45, 7) is 2.21. The van der Waals surface area contributed by atoms with E-state index in [0.717, 1.165) is 17.9 Å². The largest absolute Gasteiger partial charge is 0.493 e. The maximum atomic E-state index is 9.77. The Balaban J connectivity index is 2.02. The van der Waals surface area contributed by atoms with Crippen LogP contribution in [-0.4, -0.2) is 24.4 Å². The Hall–Kier alpha value is -1.48. The highest BCUT2D eigenvalue weighted by Gasteiger charge is 2.39. The van der Waals surface area contributed by atoms with Crippen LogP contribution in [0.25, 0.3) is 0 Å². The normalized spacial score (nSPS) is 26.9. The number of benzene rings is 1. The molecule has 0 radical (unpaired) electrons. The van der Waals surface area contributed by atoms with Crippen LogP contribution in [0.2, 0.25) is 0 Å². The van der Waals surface area contributed by atoms with Crippen molar-refractivity contribution in [2.75, 3.05) is 7.11 Å². The smallest absolute Gasteiger partial charge is 0.165 e. The van der Waals surface area contributed by atoms with Gasteiger partial charge in [-0.1, -0.05) is 31.6 Å². The quantitative estimate of drug-likeness (QED) is 0.857. The van der Waals surface area contributed by atoms with Crippen molar-refractivity contribution in [3.63, 3.8) is 0 Å². The fourth-order valence-corrected chi connectivity index (χ4v) is 3.24. The monoisotopic (exact) mass is 274 g/mol. The molecular weight excluding hydrogens is 252 g/mol. The Labute approximate surface area is 120 Å². The second kappa shape index (κ2) is 5.49. The molecule has 2 aliphatic rings. The van der Waals surface area contributed by atoms with E-state index in [4.69, 9.17) is 9.47 Å². The highest BCUT2D eigenvalue weighted by Crippen LogP contribution is 2.49. The summed E-state index contributed by atoms with van der Waals surface area (Å²) in [5.74, 6) is 1.95. The van der Waals surface area contributed by atoms with E-state index in [0.29, 0.717) is 6.42 Å². The van der Waals surface area contributed by atoms with Crippen LogP contribution in [0.1, 0.15) is 43.2 Å². The summed E-state index contributed by atoms with van der Waals surface area (Å²) in [4.78, 5) is 0. The Bertz CT molecular complexity index is 521. The van der Waals surface area contributed by atoms with Crippen molar-refractivity contribution in [2.45, 2.75) is 50.7 Å². The zero-order valence-corrected chi connectivity index (χ0v) is 12.1. The van der Waals surface area contributed by atoms with Gasteiger partial charge in [0.2, 0.25) is 0 Å². The number of hydrogen-bond acceptors (Lipinski definition) is 3. The summed E-state index contributed by atoms with van der Waals surface area (Å²) in [5, 5.41) is 9.77. The molecule has 3 heteroatoms. The summed E-state index contributed by atoms with van der Waals surface area (Å²) in [6.07, 6.45) is 7.74. The highest BCUT2D eigenvalue weighted by molar-refractivity contribution is 5.57. The average Bonchev–Trinajstić information content (AvgIpc) is 2.83. The molecule has 1 N–H and O–H groups in total. The van der Waals surface area contributed by atoms with Crippen molar-refractivity contribution in [3.05, 3.63) is 35.4 Å². The first-order valence-electron chi connectivity index (χ1n) is 7.47. The average molecular weight is 274 g/mol. The number of aryl methyl sites for hydroxylation is 1. The van der Waals surface area contributed by atoms with Gasteiger partial charge in [-0.05, 0) is 24.5 Å². The predicted octanol–water partition coefficient (Wildman–Crippen LogP) is 3.20. The van der Waals surface area contributed by atoms with Crippen molar-refractivity contribution in [3.8, 4) is 11.5 Å². The maximum absolute atomic E-state index is 9.77. The van der Waals surface area contributed by atoms with Crippen LogP contribution < -0.4 is 9.47 Å². The van der Waals surface area contributed by atoms with Crippen LogP contribution in [0.15, 0.2) is 24.3 Å². The van der Waals surface area contributed by atoms with E-state index in [1.54, 1.807) is 7.11 Å². The van der Waals surface area contributed by atoms with Crippen molar-refractivity contribution in [2.24, 2.45) is 0 Å². The fraction of sp³-hybridized carbons (Fsp3) is 0.529. The second-order valence-corrected chi connectivity index (χ2v) is 5.64. The van der Waals surface area contributed by atoms with Gasteiger partial charge in [0.1, 0.15) is 6.10 Å². The lowest BCUT2D eigenvalue weighted by molar-refractivity contribution is 0.117. The number of aliphatic hydroxyl groups is 1. The van der Waals surface area contributed by atoms with Crippen molar-refractivity contribution in [1.29, 1.82) is 0 Å². The molecule has 3 atom stereocenters. The van der Waals surface area contributed by atoms with E-state index in [9.17, 15) is 5.11 Å². The third kappa shape index (κ3) is 2.20. The third-order valence-corrected chi connectivity index (χ3v) is 4.29. The molecule has 0 spiro atoms. The number of fused-ring (bicyclic) bond motifs is 3. The van der Waals surface area contributed by atoms with Crippen molar-refractivity contribution < 1.29 is 14.6 Å².